The molecule has 18 heavy (non-hydrogen) atoms. The minimum Gasteiger partial charge on any atom is -0.369 e. The van der Waals surface area contributed by atoms with Crippen molar-refractivity contribution < 1.29 is 0 Å². The molecule has 0 radical (unpaired) electrons. The van der Waals surface area contributed by atoms with Gasteiger partial charge in [-0.25, -0.2) is 0 Å². The highest BCUT2D eigenvalue weighted by molar-refractivity contribution is 5.52. The second-order valence-electron chi connectivity index (χ2n) is 6.02. The quantitative estimate of drug-likeness (QED) is 0.883. The number of hydrogen-bond acceptors (Lipinski definition) is 3. The van der Waals surface area contributed by atoms with Gasteiger partial charge in [0, 0.05) is 31.9 Å². The lowest BCUT2D eigenvalue weighted by atomic mass is 10.0. The van der Waals surface area contributed by atoms with Gasteiger partial charge in [-0.1, -0.05) is 13.8 Å². The summed E-state index contributed by atoms with van der Waals surface area (Å²) in [5.41, 5.74) is 2.74. The van der Waals surface area contributed by atoms with E-state index in [9.17, 15) is 0 Å². The van der Waals surface area contributed by atoms with Gasteiger partial charge in [0.05, 0.1) is 11.9 Å². The first kappa shape index (κ1) is 12.0. The molecule has 1 aliphatic carbocycles. The zero-order chi connectivity index (χ0) is 12.5. The number of pyridine rings is 1. The van der Waals surface area contributed by atoms with Crippen molar-refractivity contribution >= 4 is 5.69 Å². The van der Waals surface area contributed by atoms with Crippen LogP contribution in [0.4, 0.5) is 5.69 Å². The van der Waals surface area contributed by atoms with Crippen LogP contribution in [0.5, 0.6) is 0 Å². The molecule has 1 saturated heterocycles. The summed E-state index contributed by atoms with van der Waals surface area (Å²) < 4.78 is 0. The Morgan fingerprint density at radius 1 is 1.28 bits per heavy atom. The lowest BCUT2D eigenvalue weighted by molar-refractivity contribution is 0.494. The van der Waals surface area contributed by atoms with Crippen LogP contribution in [0.2, 0.25) is 0 Å². The summed E-state index contributed by atoms with van der Waals surface area (Å²) >= 11 is 0. The van der Waals surface area contributed by atoms with Gasteiger partial charge in [-0.05, 0) is 36.3 Å². The van der Waals surface area contributed by atoms with E-state index in [0.717, 1.165) is 24.4 Å². The minimum atomic E-state index is 0.766. The monoisotopic (exact) mass is 245 g/mol. The SMILES string of the molecule is CC1CN(c2cnccc2CNC2CC2)CC1C. The smallest absolute Gasteiger partial charge is 0.0598 e. The Morgan fingerprint density at radius 2 is 2.00 bits per heavy atom. The number of hydrogen-bond donors (Lipinski definition) is 1. The Kier molecular flexibility index (Phi) is 3.25. The largest absolute Gasteiger partial charge is 0.369 e. The Bertz CT molecular complexity index is 404. The Hall–Kier alpha value is -1.09. The summed E-state index contributed by atoms with van der Waals surface area (Å²) in [5, 5.41) is 3.60. The molecule has 3 nitrogen and oxygen atoms in total. The molecule has 1 saturated carbocycles. The first-order valence-electron chi connectivity index (χ1n) is 7.15. The van der Waals surface area contributed by atoms with Crippen LogP contribution in [0.3, 0.4) is 0 Å². The molecule has 0 amide bonds. The molecule has 1 aromatic heterocycles. The molecule has 2 heterocycles. The van der Waals surface area contributed by atoms with Crippen molar-refractivity contribution in [1.29, 1.82) is 0 Å². The van der Waals surface area contributed by atoms with E-state index in [0.29, 0.717) is 0 Å². The third-order valence-electron chi connectivity index (χ3n) is 4.37. The zero-order valence-corrected chi connectivity index (χ0v) is 11.4. The van der Waals surface area contributed by atoms with Crippen molar-refractivity contribution in [3.05, 3.63) is 24.0 Å². The second kappa shape index (κ2) is 4.88. The van der Waals surface area contributed by atoms with Gasteiger partial charge in [-0.3, -0.25) is 4.98 Å². The van der Waals surface area contributed by atoms with E-state index in [4.69, 9.17) is 0 Å². The molecule has 1 aliphatic heterocycles. The Morgan fingerprint density at radius 3 is 2.67 bits per heavy atom. The van der Waals surface area contributed by atoms with Gasteiger partial charge in [0.2, 0.25) is 0 Å². The van der Waals surface area contributed by atoms with E-state index in [1.165, 1.54) is 37.2 Å². The molecule has 0 bridgehead atoms. The predicted octanol–water partition coefficient (Wildman–Crippen LogP) is 2.43. The van der Waals surface area contributed by atoms with Gasteiger partial charge in [-0.15, -0.1) is 0 Å². The highest BCUT2D eigenvalue weighted by Gasteiger charge is 2.28. The third kappa shape index (κ3) is 2.51. The maximum absolute atomic E-state index is 4.31. The van der Waals surface area contributed by atoms with E-state index in [-0.39, 0.29) is 0 Å². The molecule has 3 rings (SSSR count). The van der Waals surface area contributed by atoms with Crippen molar-refractivity contribution in [1.82, 2.24) is 10.3 Å². The number of nitrogens with one attached hydrogen (secondary N) is 1. The first-order valence-corrected chi connectivity index (χ1v) is 7.15. The number of anilines is 1. The van der Waals surface area contributed by atoms with Gasteiger partial charge in [-0.2, -0.15) is 0 Å². The molecule has 0 spiro atoms. The second-order valence-corrected chi connectivity index (χ2v) is 6.02. The summed E-state index contributed by atoms with van der Waals surface area (Å²) in [6.45, 7) is 8.03. The van der Waals surface area contributed by atoms with Crippen molar-refractivity contribution in [2.45, 2.75) is 39.3 Å². The van der Waals surface area contributed by atoms with Crippen LogP contribution in [0.1, 0.15) is 32.3 Å². The summed E-state index contributed by atoms with van der Waals surface area (Å²) in [7, 11) is 0. The third-order valence-corrected chi connectivity index (χ3v) is 4.37. The van der Waals surface area contributed by atoms with Crippen LogP contribution in [0.25, 0.3) is 0 Å². The molecule has 2 aliphatic rings. The van der Waals surface area contributed by atoms with Crippen LogP contribution in [0.15, 0.2) is 18.5 Å². The van der Waals surface area contributed by atoms with Crippen LogP contribution >= 0.6 is 0 Å². The van der Waals surface area contributed by atoms with Gasteiger partial charge < -0.3 is 10.2 Å². The van der Waals surface area contributed by atoms with Gasteiger partial charge in [0.15, 0.2) is 0 Å². The minimum absolute atomic E-state index is 0.766. The van der Waals surface area contributed by atoms with Gasteiger partial charge >= 0.3 is 0 Å². The molecule has 3 heteroatoms. The maximum Gasteiger partial charge on any atom is 0.0598 e. The van der Waals surface area contributed by atoms with Crippen LogP contribution < -0.4 is 10.2 Å². The van der Waals surface area contributed by atoms with Crippen LogP contribution in [0, 0.1) is 11.8 Å². The summed E-state index contributed by atoms with van der Waals surface area (Å²) in [6.07, 6.45) is 6.64. The molecule has 2 unspecified atom stereocenters. The molecule has 1 N–H and O–H groups in total. The van der Waals surface area contributed by atoms with Crippen molar-refractivity contribution in [3.8, 4) is 0 Å². The Labute approximate surface area is 110 Å². The number of aromatic nitrogens is 1. The first-order chi connectivity index (χ1) is 8.74. The van der Waals surface area contributed by atoms with Crippen molar-refractivity contribution in [2.75, 3.05) is 18.0 Å². The molecule has 2 fully saturated rings. The standard InChI is InChI=1S/C15H23N3/c1-11-9-18(10-12(11)2)15-8-16-6-5-13(15)7-17-14-3-4-14/h5-6,8,11-12,14,17H,3-4,7,9-10H2,1-2H3. The highest BCUT2D eigenvalue weighted by Crippen LogP contribution is 2.30. The van der Waals surface area contributed by atoms with E-state index in [1.54, 1.807) is 0 Å². The molecule has 2 atom stereocenters. The summed E-state index contributed by atoms with van der Waals surface area (Å²) in [4.78, 5) is 6.82. The van der Waals surface area contributed by atoms with Crippen LogP contribution in [-0.4, -0.2) is 24.1 Å². The summed E-state index contributed by atoms with van der Waals surface area (Å²) in [6, 6.07) is 2.93. The lowest BCUT2D eigenvalue weighted by Crippen LogP contribution is -2.23. The van der Waals surface area contributed by atoms with Crippen molar-refractivity contribution in [3.63, 3.8) is 0 Å². The average Bonchev–Trinajstić information content (AvgIpc) is 3.14. The fourth-order valence-electron chi connectivity index (χ4n) is 2.72. The fraction of sp³-hybridized carbons (Fsp3) is 0.667. The highest BCUT2D eigenvalue weighted by atomic mass is 15.2. The molecular weight excluding hydrogens is 222 g/mol. The topological polar surface area (TPSA) is 28.2 Å². The molecule has 0 aromatic carbocycles. The molecule has 1 aromatic rings. The molecular formula is C15H23N3. The van der Waals surface area contributed by atoms with E-state index >= 15 is 0 Å². The van der Waals surface area contributed by atoms with Crippen LogP contribution in [-0.2, 0) is 6.54 Å². The number of rotatable bonds is 4. The predicted molar refractivity (Wildman–Crippen MR) is 74.6 cm³/mol. The normalized spacial score (nSPS) is 27.8. The van der Waals surface area contributed by atoms with E-state index < -0.39 is 0 Å². The van der Waals surface area contributed by atoms with Crippen molar-refractivity contribution in [2.24, 2.45) is 11.8 Å². The van der Waals surface area contributed by atoms with Gasteiger partial charge in [0.25, 0.3) is 0 Å². The summed E-state index contributed by atoms with van der Waals surface area (Å²) in [5.74, 6) is 1.57. The fourth-order valence-corrected chi connectivity index (χ4v) is 2.72. The van der Waals surface area contributed by atoms with E-state index in [2.05, 4.69) is 35.1 Å². The average molecular weight is 245 g/mol. The van der Waals surface area contributed by atoms with E-state index in [1.807, 2.05) is 12.4 Å². The Balaban J connectivity index is 1.73. The lowest BCUT2D eigenvalue weighted by Gasteiger charge is -2.21. The maximum atomic E-state index is 4.31. The van der Waals surface area contributed by atoms with Gasteiger partial charge in [0.1, 0.15) is 0 Å². The zero-order valence-electron chi connectivity index (χ0n) is 11.4. The molecule has 98 valence electrons. The number of nitrogens with zero attached hydrogens (tertiary/aromatic N) is 2.